The van der Waals surface area contributed by atoms with E-state index in [0.717, 1.165) is 0 Å². The van der Waals surface area contributed by atoms with Crippen molar-refractivity contribution in [2.75, 3.05) is 7.11 Å². The molecule has 61 valence electrons. The van der Waals surface area contributed by atoms with E-state index in [4.69, 9.17) is 4.43 Å². The highest BCUT2D eigenvalue weighted by Crippen LogP contribution is 2.04. The van der Waals surface area contributed by atoms with E-state index in [9.17, 15) is 0 Å². The third-order valence-corrected chi connectivity index (χ3v) is 2.57. The van der Waals surface area contributed by atoms with Crippen LogP contribution < -0.4 is 0 Å². The van der Waals surface area contributed by atoms with Gasteiger partial charge in [0.1, 0.15) is 0 Å². The topological polar surface area (TPSA) is 9.23 Å². The zero-order valence-electron chi connectivity index (χ0n) is 7.23. The Hall–Kier alpha value is 0.177. The molecule has 0 amide bonds. The Labute approximate surface area is 67.1 Å². The van der Waals surface area contributed by atoms with Gasteiger partial charge in [-0.3, -0.25) is 0 Å². The molecule has 0 bridgehead atoms. The van der Waals surface area contributed by atoms with Crippen molar-refractivity contribution in [3.63, 3.8) is 0 Å². The van der Waals surface area contributed by atoms with Gasteiger partial charge in [0.25, 0.3) is 0 Å². The first kappa shape index (κ1) is 10.2. The third kappa shape index (κ3) is 8.18. The second-order valence-corrected chi connectivity index (χ2v) is 3.99. The fourth-order valence-electron chi connectivity index (χ4n) is 0.949. The van der Waals surface area contributed by atoms with Crippen LogP contribution in [0.1, 0.15) is 39.0 Å². The third-order valence-electron chi connectivity index (χ3n) is 1.59. The fourth-order valence-corrected chi connectivity index (χ4v) is 1.64. The smallest absolute Gasteiger partial charge is 0.192 e. The first-order valence-corrected chi connectivity index (χ1v) is 5.55. The zero-order valence-corrected chi connectivity index (χ0v) is 8.38. The van der Waals surface area contributed by atoms with Gasteiger partial charge in [-0.1, -0.05) is 39.0 Å². The number of hydrogen-bond donors (Lipinski definition) is 0. The first-order valence-electron chi connectivity index (χ1n) is 4.26. The maximum atomic E-state index is 5.03. The second-order valence-electron chi connectivity index (χ2n) is 2.61. The lowest BCUT2D eigenvalue weighted by Crippen LogP contribution is -1.91. The Morgan fingerprint density at radius 2 is 1.80 bits per heavy atom. The van der Waals surface area contributed by atoms with Crippen LogP contribution in [-0.2, 0) is 4.43 Å². The summed E-state index contributed by atoms with van der Waals surface area (Å²) >= 11 is 0. The summed E-state index contributed by atoms with van der Waals surface area (Å²) in [6.45, 7) is 2.25. The summed E-state index contributed by atoms with van der Waals surface area (Å²) in [5.74, 6) is 0. The lowest BCUT2D eigenvalue weighted by Gasteiger charge is -1.97. The molecule has 0 aromatic rings. The summed E-state index contributed by atoms with van der Waals surface area (Å²) in [5, 5.41) is 0. The normalized spacial score (nSPS) is 10.2. The molecule has 0 spiro atoms. The lowest BCUT2D eigenvalue weighted by molar-refractivity contribution is 0.438. The molecule has 0 heterocycles. The quantitative estimate of drug-likeness (QED) is 0.409. The highest BCUT2D eigenvalue weighted by Gasteiger charge is 1.89. The van der Waals surface area contributed by atoms with Crippen LogP contribution in [0.5, 0.6) is 0 Å². The van der Waals surface area contributed by atoms with E-state index in [0.29, 0.717) is 9.76 Å². The maximum Gasteiger partial charge on any atom is 0.192 e. The maximum absolute atomic E-state index is 5.03. The molecule has 0 atom stereocenters. The van der Waals surface area contributed by atoms with Crippen molar-refractivity contribution >= 4 is 9.76 Å². The SMILES string of the molecule is CCCCCCC[SiH]OC. The molecule has 1 radical (unpaired) electrons. The van der Waals surface area contributed by atoms with Crippen molar-refractivity contribution in [2.45, 2.75) is 45.1 Å². The van der Waals surface area contributed by atoms with Crippen LogP contribution in [0.4, 0.5) is 0 Å². The summed E-state index contributed by atoms with van der Waals surface area (Å²) in [6.07, 6.45) is 6.95. The van der Waals surface area contributed by atoms with Crippen molar-refractivity contribution in [3.8, 4) is 0 Å². The Kier molecular flexibility index (Phi) is 9.34. The van der Waals surface area contributed by atoms with Crippen molar-refractivity contribution < 1.29 is 4.43 Å². The van der Waals surface area contributed by atoms with Crippen LogP contribution in [0.25, 0.3) is 0 Å². The Balaban J connectivity index is 2.65. The minimum Gasteiger partial charge on any atom is -0.424 e. The molecule has 10 heavy (non-hydrogen) atoms. The molecule has 1 nitrogen and oxygen atoms in total. The van der Waals surface area contributed by atoms with E-state index in [1.54, 1.807) is 7.11 Å². The Morgan fingerprint density at radius 1 is 1.10 bits per heavy atom. The zero-order chi connectivity index (χ0) is 7.66. The molecule has 0 N–H and O–H groups in total. The molecular weight excluding hydrogens is 140 g/mol. The number of unbranched alkanes of at least 4 members (excludes halogenated alkanes) is 4. The first-order chi connectivity index (χ1) is 4.91. The van der Waals surface area contributed by atoms with Crippen LogP contribution in [0.3, 0.4) is 0 Å². The lowest BCUT2D eigenvalue weighted by atomic mass is 10.2. The van der Waals surface area contributed by atoms with Gasteiger partial charge in [-0.15, -0.1) is 0 Å². The predicted octanol–water partition coefficient (Wildman–Crippen LogP) is 2.37. The molecule has 0 rings (SSSR count). The van der Waals surface area contributed by atoms with E-state index >= 15 is 0 Å². The average molecular weight is 159 g/mol. The van der Waals surface area contributed by atoms with Crippen LogP contribution in [0, 0.1) is 0 Å². The highest BCUT2D eigenvalue weighted by molar-refractivity contribution is 6.26. The van der Waals surface area contributed by atoms with Gasteiger partial charge < -0.3 is 4.43 Å². The minimum absolute atomic E-state index is 0.307. The number of rotatable bonds is 7. The fraction of sp³-hybridized carbons (Fsp3) is 1.00. The van der Waals surface area contributed by atoms with Gasteiger partial charge in [-0.25, -0.2) is 0 Å². The van der Waals surface area contributed by atoms with E-state index in [-0.39, 0.29) is 0 Å². The molecule has 0 aliphatic rings. The van der Waals surface area contributed by atoms with Gasteiger partial charge in [-0.2, -0.15) is 0 Å². The standard InChI is InChI=1S/C8H19OSi/c1-3-4-5-6-7-8-10-9-2/h10H,3-8H2,1-2H3. The summed E-state index contributed by atoms with van der Waals surface area (Å²) in [5.41, 5.74) is 0. The van der Waals surface area contributed by atoms with Crippen molar-refractivity contribution in [3.05, 3.63) is 0 Å². The Bertz CT molecular complexity index is 49.2. The van der Waals surface area contributed by atoms with E-state index in [2.05, 4.69) is 6.92 Å². The van der Waals surface area contributed by atoms with Gasteiger partial charge >= 0.3 is 0 Å². The largest absolute Gasteiger partial charge is 0.424 e. The van der Waals surface area contributed by atoms with Crippen LogP contribution in [0.2, 0.25) is 6.04 Å². The van der Waals surface area contributed by atoms with Gasteiger partial charge in [-0.05, 0) is 6.04 Å². The molecule has 0 saturated heterocycles. The summed E-state index contributed by atoms with van der Waals surface area (Å²) < 4.78 is 5.03. The molecular formula is C8H19OSi. The van der Waals surface area contributed by atoms with Crippen molar-refractivity contribution in [1.29, 1.82) is 0 Å². The molecule has 0 aromatic carbocycles. The molecule has 0 aromatic heterocycles. The highest BCUT2D eigenvalue weighted by atomic mass is 28.2. The molecule has 0 aliphatic carbocycles. The van der Waals surface area contributed by atoms with Gasteiger partial charge in [0.2, 0.25) is 0 Å². The van der Waals surface area contributed by atoms with Crippen LogP contribution in [-0.4, -0.2) is 16.9 Å². The number of hydrogen-bond acceptors (Lipinski definition) is 1. The summed E-state index contributed by atoms with van der Waals surface area (Å²) in [4.78, 5) is 0. The summed E-state index contributed by atoms with van der Waals surface area (Å²) in [6, 6.07) is 1.32. The molecule has 2 heteroatoms. The second kappa shape index (κ2) is 9.18. The van der Waals surface area contributed by atoms with Gasteiger partial charge in [0.05, 0.1) is 0 Å². The monoisotopic (exact) mass is 159 g/mol. The van der Waals surface area contributed by atoms with E-state index in [1.165, 1.54) is 38.1 Å². The summed E-state index contributed by atoms with van der Waals surface area (Å²) in [7, 11) is 2.11. The van der Waals surface area contributed by atoms with Gasteiger partial charge in [0.15, 0.2) is 9.76 Å². The predicted molar refractivity (Wildman–Crippen MR) is 47.7 cm³/mol. The van der Waals surface area contributed by atoms with E-state index < -0.39 is 0 Å². The molecule has 0 unspecified atom stereocenters. The molecule has 0 fully saturated rings. The average Bonchev–Trinajstić information content (AvgIpc) is 1.97. The minimum atomic E-state index is 0.307. The molecule has 0 saturated carbocycles. The van der Waals surface area contributed by atoms with Crippen LogP contribution in [0.15, 0.2) is 0 Å². The Morgan fingerprint density at radius 3 is 2.40 bits per heavy atom. The van der Waals surface area contributed by atoms with Crippen LogP contribution >= 0.6 is 0 Å². The van der Waals surface area contributed by atoms with Crippen molar-refractivity contribution in [2.24, 2.45) is 0 Å². The van der Waals surface area contributed by atoms with E-state index in [1.807, 2.05) is 0 Å². The van der Waals surface area contributed by atoms with Crippen molar-refractivity contribution in [1.82, 2.24) is 0 Å². The molecule has 0 aliphatic heterocycles. The van der Waals surface area contributed by atoms with Gasteiger partial charge in [0, 0.05) is 7.11 Å².